The van der Waals surface area contributed by atoms with Gasteiger partial charge in [0.15, 0.2) is 0 Å². The van der Waals surface area contributed by atoms with Crippen LogP contribution >= 0.6 is 0 Å². The molecule has 0 heterocycles. The zero-order chi connectivity index (χ0) is 18.9. The summed E-state index contributed by atoms with van der Waals surface area (Å²) in [5, 5.41) is 8.49. The van der Waals surface area contributed by atoms with Crippen LogP contribution < -0.4 is 0 Å². The molecule has 2 saturated carbocycles. The van der Waals surface area contributed by atoms with Gasteiger partial charge in [0, 0.05) is 12.7 Å². The third-order valence-corrected chi connectivity index (χ3v) is 6.14. The van der Waals surface area contributed by atoms with E-state index < -0.39 is 0 Å². The van der Waals surface area contributed by atoms with Crippen LogP contribution in [0.3, 0.4) is 0 Å². The van der Waals surface area contributed by atoms with E-state index in [9.17, 15) is 4.39 Å². The lowest BCUT2D eigenvalue weighted by Crippen LogP contribution is -2.25. The average molecular weight is 368 g/mol. The van der Waals surface area contributed by atoms with Crippen LogP contribution in [0, 0.1) is 29.0 Å². The lowest BCUT2D eigenvalue weighted by Gasteiger charge is -2.32. The van der Waals surface area contributed by atoms with Crippen LogP contribution in [0.5, 0.6) is 0 Å². The Morgan fingerprint density at radius 1 is 0.963 bits per heavy atom. The van der Waals surface area contributed by atoms with Crippen molar-refractivity contribution in [3.8, 4) is 6.07 Å². The monoisotopic (exact) mass is 367 g/mol. The van der Waals surface area contributed by atoms with Gasteiger partial charge in [-0.05, 0) is 86.8 Å². The molecule has 0 spiro atoms. The fourth-order valence-corrected chi connectivity index (χ4v) is 4.44. The standard InChI is InChI=1S/C24H30FNO/c25-23-13-11-22(12-14-23)21-9-5-20(6-10-21)18-27-24-15-7-19(8-16-24)4-2-1-3-17-26/h1-4,11-14,19-21,24H,5-10,15-16,18H2/b3-1+,4-2+/t19-,20-,21-,24-. The van der Waals surface area contributed by atoms with Gasteiger partial charge in [0.05, 0.1) is 12.2 Å². The molecule has 0 bridgehead atoms. The molecular formula is C24H30FNO. The molecule has 0 radical (unpaired) electrons. The molecule has 0 aliphatic heterocycles. The summed E-state index contributed by atoms with van der Waals surface area (Å²) in [4.78, 5) is 0. The van der Waals surface area contributed by atoms with Gasteiger partial charge in [-0.25, -0.2) is 4.39 Å². The number of halogens is 1. The summed E-state index contributed by atoms with van der Waals surface area (Å²) in [7, 11) is 0. The Hall–Kier alpha value is -1.92. The minimum Gasteiger partial charge on any atom is -0.378 e. The lowest BCUT2D eigenvalue weighted by atomic mass is 9.79. The summed E-state index contributed by atoms with van der Waals surface area (Å²) >= 11 is 0. The first-order valence-corrected chi connectivity index (χ1v) is 10.3. The molecule has 0 N–H and O–H groups in total. The fraction of sp³-hybridized carbons (Fsp3) is 0.542. The minimum absolute atomic E-state index is 0.148. The molecule has 0 aromatic heterocycles. The van der Waals surface area contributed by atoms with Crippen LogP contribution in [0.4, 0.5) is 4.39 Å². The number of nitriles is 1. The van der Waals surface area contributed by atoms with E-state index in [1.54, 1.807) is 12.1 Å². The first-order chi connectivity index (χ1) is 13.2. The first-order valence-electron chi connectivity index (χ1n) is 10.3. The number of hydrogen-bond donors (Lipinski definition) is 0. The Labute approximate surface area is 162 Å². The van der Waals surface area contributed by atoms with E-state index in [1.165, 1.54) is 50.2 Å². The molecule has 0 saturated heterocycles. The van der Waals surface area contributed by atoms with Gasteiger partial charge in [-0.1, -0.05) is 30.4 Å². The van der Waals surface area contributed by atoms with Gasteiger partial charge < -0.3 is 4.74 Å². The molecule has 27 heavy (non-hydrogen) atoms. The predicted molar refractivity (Wildman–Crippen MR) is 107 cm³/mol. The number of rotatable bonds is 6. The van der Waals surface area contributed by atoms with Crippen molar-refractivity contribution in [2.75, 3.05) is 6.61 Å². The molecule has 1 aromatic carbocycles. The summed E-state index contributed by atoms with van der Waals surface area (Å²) < 4.78 is 19.3. The zero-order valence-electron chi connectivity index (χ0n) is 16.0. The average Bonchev–Trinajstić information content (AvgIpc) is 2.72. The molecule has 2 fully saturated rings. The summed E-state index contributed by atoms with van der Waals surface area (Å²) in [6, 6.07) is 9.05. The molecule has 3 rings (SSSR count). The van der Waals surface area contributed by atoms with Crippen molar-refractivity contribution in [3.05, 3.63) is 60.0 Å². The summed E-state index contributed by atoms with van der Waals surface area (Å²) in [5.41, 5.74) is 1.28. The number of ether oxygens (including phenoxy) is 1. The van der Waals surface area contributed by atoms with E-state index in [1.807, 2.05) is 30.4 Å². The molecule has 2 aliphatic rings. The molecule has 3 heteroatoms. The van der Waals surface area contributed by atoms with Crippen molar-refractivity contribution in [3.63, 3.8) is 0 Å². The van der Waals surface area contributed by atoms with E-state index in [0.717, 1.165) is 19.4 Å². The van der Waals surface area contributed by atoms with Gasteiger partial charge in [0.25, 0.3) is 0 Å². The fourth-order valence-electron chi connectivity index (χ4n) is 4.44. The minimum atomic E-state index is -0.148. The topological polar surface area (TPSA) is 33.0 Å². The maximum atomic E-state index is 13.1. The smallest absolute Gasteiger partial charge is 0.123 e. The van der Waals surface area contributed by atoms with Crippen molar-refractivity contribution in [1.82, 2.24) is 0 Å². The maximum Gasteiger partial charge on any atom is 0.123 e. The first kappa shape index (κ1) is 19.8. The lowest BCUT2D eigenvalue weighted by molar-refractivity contribution is -0.00456. The predicted octanol–water partition coefficient (Wildman–Crippen LogP) is 6.31. The van der Waals surface area contributed by atoms with Crippen LogP contribution in [0.1, 0.15) is 62.8 Å². The SMILES string of the molecule is N#C/C=C/C=C/[C@H]1CC[C@H](OC[C@H]2CC[C@H](c3ccc(F)cc3)CC2)CC1. The quantitative estimate of drug-likeness (QED) is 0.436. The second kappa shape index (κ2) is 10.4. The Morgan fingerprint density at radius 3 is 2.33 bits per heavy atom. The van der Waals surface area contributed by atoms with Crippen LogP contribution in [0.15, 0.2) is 48.6 Å². The number of benzene rings is 1. The van der Waals surface area contributed by atoms with E-state index >= 15 is 0 Å². The third-order valence-electron chi connectivity index (χ3n) is 6.14. The Balaban J connectivity index is 1.33. The number of allylic oxidation sites excluding steroid dienone is 4. The van der Waals surface area contributed by atoms with E-state index in [2.05, 4.69) is 6.08 Å². The zero-order valence-corrected chi connectivity index (χ0v) is 16.0. The van der Waals surface area contributed by atoms with Gasteiger partial charge in [-0.2, -0.15) is 5.26 Å². The molecule has 144 valence electrons. The summed E-state index contributed by atoms with van der Waals surface area (Å²) in [5.74, 6) is 1.73. The Bertz CT molecular complexity index is 657. The molecular weight excluding hydrogens is 337 g/mol. The van der Waals surface area contributed by atoms with Gasteiger partial charge in [0.1, 0.15) is 5.82 Å². The maximum absolute atomic E-state index is 13.1. The van der Waals surface area contributed by atoms with E-state index in [4.69, 9.17) is 10.00 Å². The van der Waals surface area contributed by atoms with Crippen molar-refractivity contribution < 1.29 is 9.13 Å². The van der Waals surface area contributed by atoms with Crippen molar-refractivity contribution in [2.45, 2.75) is 63.4 Å². The van der Waals surface area contributed by atoms with Crippen molar-refractivity contribution in [2.24, 2.45) is 11.8 Å². The highest BCUT2D eigenvalue weighted by atomic mass is 19.1. The molecule has 0 unspecified atom stereocenters. The second-order valence-corrected chi connectivity index (χ2v) is 8.01. The van der Waals surface area contributed by atoms with Gasteiger partial charge in [-0.15, -0.1) is 0 Å². The molecule has 2 aliphatic carbocycles. The normalized spacial score (nSPS) is 29.2. The third kappa shape index (κ3) is 6.33. The van der Waals surface area contributed by atoms with Gasteiger partial charge >= 0.3 is 0 Å². The second-order valence-electron chi connectivity index (χ2n) is 8.01. The highest BCUT2D eigenvalue weighted by Crippen LogP contribution is 2.36. The highest BCUT2D eigenvalue weighted by molar-refractivity contribution is 5.20. The van der Waals surface area contributed by atoms with Crippen molar-refractivity contribution >= 4 is 0 Å². The molecule has 2 nitrogen and oxygen atoms in total. The van der Waals surface area contributed by atoms with E-state index in [-0.39, 0.29) is 5.82 Å². The molecule has 0 atom stereocenters. The Morgan fingerprint density at radius 2 is 1.67 bits per heavy atom. The van der Waals surface area contributed by atoms with Crippen LogP contribution in [0.2, 0.25) is 0 Å². The van der Waals surface area contributed by atoms with Gasteiger partial charge in [0.2, 0.25) is 0 Å². The Kier molecular flexibility index (Phi) is 7.66. The largest absolute Gasteiger partial charge is 0.378 e. The summed E-state index contributed by atoms with van der Waals surface area (Å²) in [6.45, 7) is 0.895. The van der Waals surface area contributed by atoms with Crippen LogP contribution in [-0.2, 0) is 4.74 Å². The number of nitrogens with zero attached hydrogens (tertiary/aromatic N) is 1. The summed E-state index contributed by atoms with van der Waals surface area (Å²) in [6.07, 6.45) is 17.4. The number of hydrogen-bond acceptors (Lipinski definition) is 2. The van der Waals surface area contributed by atoms with Crippen LogP contribution in [-0.4, -0.2) is 12.7 Å². The molecule has 0 amide bonds. The van der Waals surface area contributed by atoms with Gasteiger partial charge in [-0.3, -0.25) is 0 Å². The van der Waals surface area contributed by atoms with Crippen LogP contribution in [0.25, 0.3) is 0 Å². The highest BCUT2D eigenvalue weighted by Gasteiger charge is 2.25. The van der Waals surface area contributed by atoms with E-state index in [0.29, 0.717) is 23.9 Å². The molecule has 1 aromatic rings. The van der Waals surface area contributed by atoms with Crippen molar-refractivity contribution in [1.29, 1.82) is 5.26 Å².